The van der Waals surface area contributed by atoms with Gasteiger partial charge in [-0.3, -0.25) is 25.8 Å². The molecule has 0 fully saturated rings. The highest BCUT2D eigenvalue weighted by molar-refractivity contribution is 7.99. The Hall–Kier alpha value is -3.02. The van der Waals surface area contributed by atoms with Crippen LogP contribution < -0.4 is 16.2 Å². The quantitative estimate of drug-likeness (QED) is 0.308. The van der Waals surface area contributed by atoms with Gasteiger partial charge >= 0.3 is 0 Å². The standard InChI is InChI=1S/C17H14ClN7O2S2/c18-12-8-6-11(7-9-12)15(27)19-16(28)21-20-14(26)10-29-17-22-23-24-25(17)13-4-2-1-3-5-13/h1-9H,10H2,(H,20,26)(H2,19,21,27,28). The molecule has 0 aliphatic carbocycles. The molecule has 0 aliphatic rings. The van der Waals surface area contributed by atoms with Crippen LogP contribution in [0.2, 0.25) is 5.02 Å². The van der Waals surface area contributed by atoms with Crippen LogP contribution in [0.5, 0.6) is 0 Å². The molecular formula is C17H14ClN7O2S2. The lowest BCUT2D eigenvalue weighted by Gasteiger charge is -2.10. The molecule has 9 nitrogen and oxygen atoms in total. The molecule has 1 aromatic heterocycles. The molecule has 0 saturated carbocycles. The molecule has 12 heteroatoms. The number of carbonyl (C=O) groups is 2. The highest BCUT2D eigenvalue weighted by Gasteiger charge is 2.12. The van der Waals surface area contributed by atoms with Crippen molar-refractivity contribution in [2.45, 2.75) is 5.16 Å². The summed E-state index contributed by atoms with van der Waals surface area (Å²) in [5.41, 5.74) is 6.04. The van der Waals surface area contributed by atoms with Crippen molar-refractivity contribution >= 4 is 52.5 Å². The molecule has 3 aromatic rings. The van der Waals surface area contributed by atoms with Gasteiger partial charge in [0.05, 0.1) is 11.4 Å². The van der Waals surface area contributed by atoms with E-state index in [-0.39, 0.29) is 16.8 Å². The molecule has 0 radical (unpaired) electrons. The zero-order valence-electron chi connectivity index (χ0n) is 14.7. The SMILES string of the molecule is O=C(CSc1nnnn1-c1ccccc1)NNC(=S)NC(=O)c1ccc(Cl)cc1. The molecule has 29 heavy (non-hydrogen) atoms. The Morgan fingerprint density at radius 2 is 1.79 bits per heavy atom. The van der Waals surface area contributed by atoms with Crippen LogP contribution in [-0.4, -0.2) is 42.9 Å². The number of tetrazole rings is 1. The largest absolute Gasteiger partial charge is 0.298 e. The fourth-order valence-electron chi connectivity index (χ4n) is 2.10. The number of nitrogens with zero attached hydrogens (tertiary/aromatic N) is 4. The van der Waals surface area contributed by atoms with E-state index in [4.69, 9.17) is 23.8 Å². The zero-order chi connectivity index (χ0) is 20.6. The number of hydrazine groups is 1. The van der Waals surface area contributed by atoms with Crippen molar-refractivity contribution in [2.75, 3.05) is 5.75 Å². The summed E-state index contributed by atoms with van der Waals surface area (Å²) in [6.07, 6.45) is 0. The molecule has 0 aliphatic heterocycles. The van der Waals surface area contributed by atoms with E-state index in [1.807, 2.05) is 30.3 Å². The van der Waals surface area contributed by atoms with Gasteiger partial charge in [0, 0.05) is 10.6 Å². The average Bonchev–Trinajstić information content (AvgIpc) is 3.20. The molecule has 0 atom stereocenters. The molecule has 2 amide bonds. The van der Waals surface area contributed by atoms with E-state index in [9.17, 15) is 9.59 Å². The first-order chi connectivity index (χ1) is 14.0. The normalized spacial score (nSPS) is 10.2. The highest BCUT2D eigenvalue weighted by atomic mass is 35.5. The first-order valence-electron chi connectivity index (χ1n) is 8.15. The monoisotopic (exact) mass is 447 g/mol. The number of nitrogens with one attached hydrogen (secondary N) is 3. The molecule has 0 spiro atoms. The number of rotatable bonds is 5. The van der Waals surface area contributed by atoms with E-state index in [0.717, 1.165) is 17.4 Å². The Labute approximate surface area is 180 Å². The van der Waals surface area contributed by atoms with E-state index in [0.29, 0.717) is 15.7 Å². The number of thiocarbonyl (C=S) groups is 1. The van der Waals surface area contributed by atoms with Crippen LogP contribution in [0.15, 0.2) is 59.8 Å². The first kappa shape index (κ1) is 20.7. The second-order valence-electron chi connectivity index (χ2n) is 5.46. The summed E-state index contributed by atoms with van der Waals surface area (Å²) >= 11 is 11.9. The molecule has 0 saturated heterocycles. The van der Waals surface area contributed by atoms with Crippen LogP contribution in [-0.2, 0) is 4.79 Å². The predicted octanol–water partition coefficient (Wildman–Crippen LogP) is 1.74. The van der Waals surface area contributed by atoms with E-state index >= 15 is 0 Å². The molecule has 3 rings (SSSR count). The number of aromatic nitrogens is 4. The third-order valence-corrected chi connectivity index (χ3v) is 4.80. The van der Waals surface area contributed by atoms with Gasteiger partial charge in [0.1, 0.15) is 0 Å². The summed E-state index contributed by atoms with van der Waals surface area (Å²) in [6.45, 7) is 0. The smallest absolute Gasteiger partial charge is 0.257 e. The van der Waals surface area contributed by atoms with Gasteiger partial charge in [0.15, 0.2) is 5.11 Å². The molecule has 0 unspecified atom stereocenters. The van der Waals surface area contributed by atoms with E-state index in [1.165, 1.54) is 4.68 Å². The second kappa shape index (κ2) is 9.96. The Kier molecular flexibility index (Phi) is 7.11. The van der Waals surface area contributed by atoms with Gasteiger partial charge in [-0.15, -0.1) is 5.10 Å². The second-order valence-corrected chi connectivity index (χ2v) is 7.25. The lowest BCUT2D eigenvalue weighted by molar-refractivity contribution is -0.119. The fraction of sp³-hybridized carbons (Fsp3) is 0.0588. The van der Waals surface area contributed by atoms with Gasteiger partial charge in [0.25, 0.3) is 5.91 Å². The van der Waals surface area contributed by atoms with Gasteiger partial charge in [0.2, 0.25) is 11.1 Å². The van der Waals surface area contributed by atoms with Crippen molar-refractivity contribution < 1.29 is 9.59 Å². The van der Waals surface area contributed by atoms with Crippen LogP contribution in [0.25, 0.3) is 5.69 Å². The maximum absolute atomic E-state index is 12.0. The summed E-state index contributed by atoms with van der Waals surface area (Å²) in [6, 6.07) is 15.6. The third kappa shape index (κ3) is 5.98. The molecule has 0 bridgehead atoms. The van der Waals surface area contributed by atoms with Crippen molar-refractivity contribution in [2.24, 2.45) is 0 Å². The van der Waals surface area contributed by atoms with Crippen LogP contribution in [0, 0.1) is 0 Å². The molecule has 3 N–H and O–H groups in total. The molecule has 2 aromatic carbocycles. The van der Waals surface area contributed by atoms with Crippen LogP contribution >= 0.6 is 35.6 Å². The van der Waals surface area contributed by atoms with Crippen LogP contribution in [0.4, 0.5) is 0 Å². The summed E-state index contributed by atoms with van der Waals surface area (Å²) in [7, 11) is 0. The number of para-hydroxylation sites is 1. The number of hydrogen-bond acceptors (Lipinski definition) is 7. The Bertz CT molecular complexity index is 1010. The maximum Gasteiger partial charge on any atom is 0.257 e. The van der Waals surface area contributed by atoms with Crippen molar-refractivity contribution in [1.29, 1.82) is 0 Å². The van der Waals surface area contributed by atoms with Crippen LogP contribution in [0.3, 0.4) is 0 Å². The number of amides is 2. The Morgan fingerprint density at radius 1 is 1.07 bits per heavy atom. The van der Waals surface area contributed by atoms with E-state index in [2.05, 4.69) is 31.7 Å². The molecular weight excluding hydrogens is 434 g/mol. The van der Waals surface area contributed by atoms with Gasteiger partial charge in [-0.1, -0.05) is 41.6 Å². The lowest BCUT2D eigenvalue weighted by atomic mass is 10.2. The number of carbonyl (C=O) groups excluding carboxylic acids is 2. The highest BCUT2D eigenvalue weighted by Crippen LogP contribution is 2.17. The minimum Gasteiger partial charge on any atom is -0.298 e. The van der Waals surface area contributed by atoms with Gasteiger partial charge in [-0.2, -0.15) is 4.68 Å². The first-order valence-corrected chi connectivity index (χ1v) is 9.92. The van der Waals surface area contributed by atoms with Gasteiger partial charge < -0.3 is 0 Å². The van der Waals surface area contributed by atoms with Gasteiger partial charge in [-0.25, -0.2) is 0 Å². The molecule has 148 valence electrons. The average molecular weight is 448 g/mol. The van der Waals surface area contributed by atoms with Crippen molar-refractivity contribution in [3.63, 3.8) is 0 Å². The van der Waals surface area contributed by atoms with E-state index < -0.39 is 5.91 Å². The van der Waals surface area contributed by atoms with Crippen molar-refractivity contribution in [1.82, 2.24) is 36.4 Å². The minimum absolute atomic E-state index is 0.0357. The van der Waals surface area contributed by atoms with Gasteiger partial charge in [-0.05, 0) is 59.0 Å². The number of benzene rings is 2. The number of thioether (sulfide) groups is 1. The number of hydrogen-bond donors (Lipinski definition) is 3. The summed E-state index contributed by atoms with van der Waals surface area (Å²) < 4.78 is 1.53. The summed E-state index contributed by atoms with van der Waals surface area (Å²) in [4.78, 5) is 24.1. The predicted molar refractivity (Wildman–Crippen MR) is 113 cm³/mol. The topological polar surface area (TPSA) is 114 Å². The number of halogens is 1. The van der Waals surface area contributed by atoms with Crippen LogP contribution in [0.1, 0.15) is 10.4 Å². The maximum atomic E-state index is 12.0. The van der Waals surface area contributed by atoms with Crippen molar-refractivity contribution in [3.05, 3.63) is 65.2 Å². The van der Waals surface area contributed by atoms with E-state index in [1.54, 1.807) is 24.3 Å². The summed E-state index contributed by atoms with van der Waals surface area (Å²) in [5, 5.41) is 14.9. The summed E-state index contributed by atoms with van der Waals surface area (Å²) in [5.74, 6) is -0.765. The Balaban J connectivity index is 1.45. The third-order valence-electron chi connectivity index (χ3n) is 3.42. The van der Waals surface area contributed by atoms with Crippen molar-refractivity contribution in [3.8, 4) is 5.69 Å². The minimum atomic E-state index is -0.426. The fourth-order valence-corrected chi connectivity index (χ4v) is 3.06. The lowest BCUT2D eigenvalue weighted by Crippen LogP contribution is -2.49. The zero-order valence-corrected chi connectivity index (χ0v) is 17.1. The molecule has 1 heterocycles. The Morgan fingerprint density at radius 3 is 2.52 bits per heavy atom.